The monoisotopic (exact) mass is 615 g/mol. The topological polar surface area (TPSA) is 33.6 Å². The Labute approximate surface area is 274 Å². The molecule has 3 heterocycles. The van der Waals surface area contributed by atoms with Crippen LogP contribution in [-0.4, -0.2) is 9.13 Å². The smallest absolute Gasteiger partial charge is 0.0992 e. The number of aromatic nitrogens is 2. The second-order valence-electron chi connectivity index (χ2n) is 12.1. The second kappa shape index (κ2) is 9.92. The molecule has 0 fully saturated rings. The van der Waals surface area contributed by atoms with Crippen LogP contribution in [0.25, 0.3) is 86.3 Å². The third kappa shape index (κ3) is 3.72. The minimum Gasteiger partial charge on any atom is -0.309 e. The van der Waals surface area contributed by atoms with Gasteiger partial charge in [0.2, 0.25) is 0 Å². The van der Waals surface area contributed by atoms with Crippen LogP contribution in [-0.2, 0) is 0 Å². The molecule has 3 aromatic heterocycles. The van der Waals surface area contributed by atoms with Gasteiger partial charge in [0.25, 0.3) is 0 Å². The highest BCUT2D eigenvalue weighted by Crippen LogP contribution is 2.44. The van der Waals surface area contributed by atoms with Crippen molar-refractivity contribution in [3.63, 3.8) is 0 Å². The SMILES string of the molecule is N#Cc1ccc(-c2ccc3c(c2)c2ccc4c5ccccc5sc4c2n3-c2ccccc2)c(-n2c3ccccc3c3ccccc32)c1. The number of para-hydroxylation sites is 3. The third-order valence-corrected chi connectivity index (χ3v) is 10.7. The van der Waals surface area contributed by atoms with Gasteiger partial charge < -0.3 is 9.13 Å². The lowest BCUT2D eigenvalue weighted by Gasteiger charge is -2.15. The first-order chi connectivity index (χ1) is 23.3. The van der Waals surface area contributed by atoms with E-state index in [0.29, 0.717) is 5.56 Å². The maximum atomic E-state index is 10.00. The molecular weight excluding hydrogens is 591 g/mol. The lowest BCUT2D eigenvalue weighted by molar-refractivity contribution is 1.18. The quantitative estimate of drug-likeness (QED) is 0.195. The first-order valence-electron chi connectivity index (χ1n) is 15.8. The fourth-order valence-electron chi connectivity index (χ4n) is 7.51. The molecule has 0 spiro atoms. The molecule has 0 N–H and O–H groups in total. The summed E-state index contributed by atoms with van der Waals surface area (Å²) in [4.78, 5) is 0. The summed E-state index contributed by atoms with van der Waals surface area (Å²) >= 11 is 1.87. The van der Waals surface area contributed by atoms with Gasteiger partial charge in [-0.3, -0.25) is 0 Å². The number of nitrogens with zero attached hydrogens (tertiary/aromatic N) is 3. The second-order valence-corrected chi connectivity index (χ2v) is 13.1. The van der Waals surface area contributed by atoms with E-state index < -0.39 is 0 Å². The zero-order valence-corrected chi connectivity index (χ0v) is 26.0. The number of benzene rings is 7. The van der Waals surface area contributed by atoms with E-state index in [9.17, 15) is 5.26 Å². The van der Waals surface area contributed by atoms with Crippen LogP contribution in [0.3, 0.4) is 0 Å². The average molecular weight is 616 g/mol. The van der Waals surface area contributed by atoms with Gasteiger partial charge >= 0.3 is 0 Å². The Morgan fingerprint density at radius 3 is 1.91 bits per heavy atom. The molecule has 0 aliphatic rings. The van der Waals surface area contributed by atoms with Gasteiger partial charge in [0.15, 0.2) is 0 Å². The van der Waals surface area contributed by atoms with Crippen LogP contribution in [0, 0.1) is 11.3 Å². The van der Waals surface area contributed by atoms with E-state index in [1.165, 1.54) is 52.8 Å². The molecule has 0 radical (unpaired) electrons. The van der Waals surface area contributed by atoms with Gasteiger partial charge in [-0.05, 0) is 60.2 Å². The first-order valence-corrected chi connectivity index (χ1v) is 16.6. The summed E-state index contributed by atoms with van der Waals surface area (Å²) < 4.78 is 7.35. The van der Waals surface area contributed by atoms with Gasteiger partial charge in [0, 0.05) is 48.3 Å². The first kappa shape index (κ1) is 26.1. The molecule has 0 saturated heterocycles. The molecule has 3 nitrogen and oxygen atoms in total. The molecule has 0 atom stereocenters. The van der Waals surface area contributed by atoms with Crippen molar-refractivity contribution in [2.24, 2.45) is 0 Å². The zero-order valence-electron chi connectivity index (χ0n) is 25.2. The van der Waals surface area contributed by atoms with E-state index in [1.54, 1.807) is 0 Å². The normalized spacial score (nSPS) is 11.8. The maximum Gasteiger partial charge on any atom is 0.0992 e. The van der Waals surface area contributed by atoms with Crippen LogP contribution in [0.4, 0.5) is 0 Å². The van der Waals surface area contributed by atoms with E-state index in [1.807, 2.05) is 23.5 Å². The zero-order chi connectivity index (χ0) is 31.1. The van der Waals surface area contributed by atoms with Crippen molar-refractivity contribution in [2.75, 3.05) is 0 Å². The number of hydrogen-bond acceptors (Lipinski definition) is 2. The van der Waals surface area contributed by atoms with Crippen LogP contribution in [0.15, 0.2) is 152 Å². The van der Waals surface area contributed by atoms with Gasteiger partial charge in [-0.15, -0.1) is 11.3 Å². The van der Waals surface area contributed by atoms with Crippen LogP contribution in [0.2, 0.25) is 0 Å². The minimum atomic E-state index is 0.638. The van der Waals surface area contributed by atoms with Gasteiger partial charge in [0.1, 0.15) is 0 Å². The van der Waals surface area contributed by atoms with Gasteiger partial charge in [-0.25, -0.2) is 0 Å². The highest BCUT2D eigenvalue weighted by atomic mass is 32.1. The predicted molar refractivity (Wildman–Crippen MR) is 198 cm³/mol. The third-order valence-electron chi connectivity index (χ3n) is 9.55. The van der Waals surface area contributed by atoms with E-state index in [0.717, 1.165) is 33.5 Å². The Morgan fingerprint density at radius 2 is 1.15 bits per heavy atom. The number of fused-ring (bicyclic) bond motifs is 10. The van der Waals surface area contributed by atoms with E-state index >= 15 is 0 Å². The van der Waals surface area contributed by atoms with Gasteiger partial charge in [0.05, 0.1) is 44.1 Å². The van der Waals surface area contributed by atoms with E-state index in [2.05, 4.69) is 155 Å². The summed E-state index contributed by atoms with van der Waals surface area (Å²) in [5.41, 5.74) is 9.64. The Hall–Kier alpha value is -6.15. The standard InChI is InChI=1S/C43H25N3S/c44-26-27-18-20-30(40(24-27)46-37-15-7-4-12-31(37)32-13-5-8-16-38(32)46)28-19-23-39-36(25-28)34-21-22-35-33-14-6-9-17-41(33)47-43(35)42(34)45(39)29-10-2-1-3-11-29/h1-25H. The van der Waals surface area contributed by atoms with Crippen molar-refractivity contribution in [1.82, 2.24) is 9.13 Å². The summed E-state index contributed by atoms with van der Waals surface area (Å²) in [6.45, 7) is 0. The van der Waals surface area contributed by atoms with Crippen molar-refractivity contribution < 1.29 is 0 Å². The summed E-state index contributed by atoms with van der Waals surface area (Å²) in [6, 6.07) is 56.4. The summed E-state index contributed by atoms with van der Waals surface area (Å²) in [6.07, 6.45) is 0. The van der Waals surface area contributed by atoms with Crippen molar-refractivity contribution in [3.8, 4) is 28.6 Å². The van der Waals surface area contributed by atoms with Gasteiger partial charge in [-0.2, -0.15) is 5.26 Å². The predicted octanol–water partition coefficient (Wildman–Crippen LogP) is 11.8. The molecule has 10 rings (SSSR count). The van der Waals surface area contributed by atoms with Gasteiger partial charge in [-0.1, -0.05) is 97.1 Å². The fourth-order valence-corrected chi connectivity index (χ4v) is 8.75. The van der Waals surface area contributed by atoms with Crippen molar-refractivity contribution in [2.45, 2.75) is 0 Å². The molecule has 7 aromatic carbocycles. The van der Waals surface area contributed by atoms with Crippen molar-refractivity contribution in [3.05, 3.63) is 157 Å². The summed E-state index contributed by atoms with van der Waals surface area (Å²) in [5, 5.41) is 17.4. The lowest BCUT2D eigenvalue weighted by Crippen LogP contribution is -1.98. The molecule has 0 saturated carbocycles. The molecule has 0 unspecified atom stereocenters. The highest BCUT2D eigenvalue weighted by Gasteiger charge is 2.20. The summed E-state index contributed by atoms with van der Waals surface area (Å²) in [5.74, 6) is 0. The summed E-state index contributed by atoms with van der Waals surface area (Å²) in [7, 11) is 0. The van der Waals surface area contributed by atoms with Crippen molar-refractivity contribution in [1.29, 1.82) is 5.26 Å². The number of rotatable bonds is 3. The maximum absolute atomic E-state index is 10.00. The van der Waals surface area contributed by atoms with Crippen LogP contribution in [0.1, 0.15) is 5.56 Å². The largest absolute Gasteiger partial charge is 0.309 e. The Balaban J connectivity index is 1.30. The van der Waals surface area contributed by atoms with E-state index in [4.69, 9.17) is 0 Å². The molecule has 0 aliphatic carbocycles. The molecule has 0 amide bonds. The lowest BCUT2D eigenvalue weighted by atomic mass is 9.99. The van der Waals surface area contributed by atoms with Crippen LogP contribution < -0.4 is 0 Å². The Kier molecular flexibility index (Phi) is 5.51. The number of nitriles is 1. The molecule has 0 aliphatic heterocycles. The minimum absolute atomic E-state index is 0.638. The van der Waals surface area contributed by atoms with Crippen molar-refractivity contribution >= 4 is 75.1 Å². The average Bonchev–Trinajstić information content (AvgIpc) is 3.79. The molecule has 0 bridgehead atoms. The molecular formula is C43H25N3S. The Morgan fingerprint density at radius 1 is 0.489 bits per heavy atom. The van der Waals surface area contributed by atoms with Crippen LogP contribution in [0.5, 0.6) is 0 Å². The molecule has 10 aromatic rings. The molecule has 218 valence electrons. The molecule has 4 heteroatoms. The molecule has 47 heavy (non-hydrogen) atoms. The van der Waals surface area contributed by atoms with E-state index in [-0.39, 0.29) is 0 Å². The fraction of sp³-hybridized carbons (Fsp3) is 0. The Bertz CT molecular complexity index is 2860. The highest BCUT2D eigenvalue weighted by molar-refractivity contribution is 7.26. The number of thiophene rings is 1. The van der Waals surface area contributed by atoms with Crippen LogP contribution >= 0.6 is 11.3 Å². The number of hydrogen-bond donors (Lipinski definition) is 0.